The van der Waals surface area contributed by atoms with Crippen LogP contribution < -0.4 is 0 Å². The van der Waals surface area contributed by atoms with Gasteiger partial charge >= 0.3 is 17.4 Å². The van der Waals surface area contributed by atoms with Gasteiger partial charge in [0.15, 0.2) is 0 Å². The zero-order valence-corrected chi connectivity index (χ0v) is 16.8. The Labute approximate surface area is 167 Å². The Bertz CT molecular complexity index is 813. The predicted octanol–water partition coefficient (Wildman–Crippen LogP) is 6.52. The van der Waals surface area contributed by atoms with Gasteiger partial charge in [-0.25, -0.2) is 4.39 Å². The van der Waals surface area contributed by atoms with Crippen LogP contribution in [-0.4, -0.2) is 21.6 Å². The van der Waals surface area contributed by atoms with Crippen molar-refractivity contribution in [2.24, 2.45) is 0 Å². The van der Waals surface area contributed by atoms with Crippen LogP contribution in [0.3, 0.4) is 0 Å². The number of halogens is 10. The predicted molar refractivity (Wildman–Crippen MR) is 90.8 cm³/mol. The fourth-order valence-electron chi connectivity index (χ4n) is 2.40. The number of alkyl halides is 7. The zero-order valence-electron chi connectivity index (χ0n) is 12.8. The first-order valence-corrected chi connectivity index (χ1v) is 9.64. The van der Waals surface area contributed by atoms with Gasteiger partial charge in [-0.3, -0.25) is 4.21 Å². The topological polar surface area (TPSA) is 17.1 Å². The fourth-order valence-corrected chi connectivity index (χ4v) is 6.05. The Morgan fingerprint density at radius 2 is 1.41 bits per heavy atom. The Balaban J connectivity index is 2.79. The number of allylic oxidation sites excluding steroid dienone is 2. The van der Waals surface area contributed by atoms with Crippen LogP contribution in [0.25, 0.3) is 0 Å². The highest BCUT2D eigenvalue weighted by Crippen LogP contribution is 2.54. The van der Waals surface area contributed by atoms with Crippen molar-refractivity contribution in [3.05, 3.63) is 56.8 Å². The molecule has 0 aliphatic heterocycles. The molecular weight excluding hydrogens is 540 g/mol. The van der Waals surface area contributed by atoms with Crippen molar-refractivity contribution in [3.8, 4) is 0 Å². The van der Waals surface area contributed by atoms with Crippen LogP contribution in [0.2, 0.25) is 0 Å². The third-order valence-corrected chi connectivity index (χ3v) is 6.45. The molecule has 0 saturated carbocycles. The fraction of sp³-hybridized carbons (Fsp3) is 0.333. The highest BCUT2D eigenvalue weighted by molar-refractivity contribution is 9.12. The summed E-state index contributed by atoms with van der Waals surface area (Å²) in [6, 6.07) is 3.97. The van der Waals surface area contributed by atoms with Gasteiger partial charge in [-0.2, -0.15) is 30.7 Å². The summed E-state index contributed by atoms with van der Waals surface area (Å²) in [7, 11) is -4.25. The molecule has 0 aromatic heterocycles. The maximum atomic E-state index is 14.3. The van der Waals surface area contributed by atoms with E-state index in [0.29, 0.717) is 0 Å². The van der Waals surface area contributed by atoms with Crippen LogP contribution in [0.15, 0.2) is 45.4 Å². The van der Waals surface area contributed by atoms with E-state index in [1.54, 1.807) is 0 Å². The number of benzene rings is 1. The van der Waals surface area contributed by atoms with Crippen molar-refractivity contribution in [2.45, 2.75) is 28.5 Å². The van der Waals surface area contributed by atoms with Gasteiger partial charge in [0.05, 0.1) is 0 Å². The van der Waals surface area contributed by atoms with Gasteiger partial charge in [-0.15, -0.1) is 0 Å². The first-order valence-electron chi connectivity index (χ1n) is 6.90. The molecule has 1 nitrogen and oxygen atoms in total. The second kappa shape index (κ2) is 7.25. The smallest absolute Gasteiger partial charge is 0.252 e. The van der Waals surface area contributed by atoms with Crippen LogP contribution >= 0.6 is 31.9 Å². The van der Waals surface area contributed by atoms with E-state index in [0.717, 1.165) is 36.4 Å². The molecule has 1 aliphatic rings. The van der Waals surface area contributed by atoms with Crippen molar-refractivity contribution >= 4 is 42.7 Å². The Hall–Kier alpha value is -0.750. The second-order valence-electron chi connectivity index (χ2n) is 5.49. The SMILES string of the molecule is O=S(C1(c2ccccc2F)C=C(Br)CC(Br)=C1)C(F)(F)C(F)(F)C(F)(F)F. The first-order chi connectivity index (χ1) is 12.2. The maximum absolute atomic E-state index is 14.3. The summed E-state index contributed by atoms with van der Waals surface area (Å²) < 4.78 is 117. The summed E-state index contributed by atoms with van der Waals surface area (Å²) in [6.45, 7) is 0. The Kier molecular flexibility index (Phi) is 6.05. The highest BCUT2D eigenvalue weighted by Gasteiger charge is 2.77. The molecule has 1 aromatic carbocycles. The second-order valence-corrected chi connectivity index (χ2v) is 9.25. The molecule has 1 unspecified atom stereocenters. The molecule has 0 fully saturated rings. The molecule has 150 valence electrons. The molecule has 0 amide bonds. The third kappa shape index (κ3) is 3.76. The monoisotopic (exact) mass is 546 g/mol. The quantitative estimate of drug-likeness (QED) is 0.392. The van der Waals surface area contributed by atoms with E-state index < -0.39 is 44.3 Å². The average molecular weight is 548 g/mol. The molecule has 12 heteroatoms. The minimum Gasteiger partial charge on any atom is -0.252 e. The van der Waals surface area contributed by atoms with Crippen LogP contribution in [0, 0.1) is 5.82 Å². The van der Waals surface area contributed by atoms with Gasteiger partial charge in [0.1, 0.15) is 21.4 Å². The van der Waals surface area contributed by atoms with Gasteiger partial charge in [-0.1, -0.05) is 50.1 Å². The maximum Gasteiger partial charge on any atom is 0.461 e. The summed E-state index contributed by atoms with van der Waals surface area (Å²) in [5.41, 5.74) is -0.741. The van der Waals surface area contributed by atoms with E-state index in [9.17, 15) is 39.3 Å². The van der Waals surface area contributed by atoms with E-state index in [1.165, 1.54) is 0 Å². The molecule has 0 saturated heterocycles. The molecule has 27 heavy (non-hydrogen) atoms. The van der Waals surface area contributed by atoms with Crippen molar-refractivity contribution in [3.63, 3.8) is 0 Å². The molecule has 0 N–H and O–H groups in total. The van der Waals surface area contributed by atoms with E-state index >= 15 is 0 Å². The van der Waals surface area contributed by atoms with Crippen LogP contribution in [0.4, 0.5) is 35.1 Å². The lowest BCUT2D eigenvalue weighted by Gasteiger charge is -2.37. The van der Waals surface area contributed by atoms with E-state index in [4.69, 9.17) is 0 Å². The van der Waals surface area contributed by atoms with Crippen LogP contribution in [0.5, 0.6) is 0 Å². The third-order valence-electron chi connectivity index (χ3n) is 3.64. The molecule has 2 rings (SSSR count). The summed E-state index contributed by atoms with van der Waals surface area (Å²) in [6.07, 6.45) is -5.16. The van der Waals surface area contributed by atoms with Gasteiger partial charge < -0.3 is 0 Å². The molecule has 0 bridgehead atoms. The van der Waals surface area contributed by atoms with Crippen molar-refractivity contribution in [1.29, 1.82) is 0 Å². The van der Waals surface area contributed by atoms with Gasteiger partial charge in [0.2, 0.25) is 0 Å². The molecule has 1 aliphatic carbocycles. The minimum absolute atomic E-state index is 0.0225. The Morgan fingerprint density at radius 1 is 0.926 bits per heavy atom. The number of hydrogen-bond acceptors (Lipinski definition) is 1. The van der Waals surface area contributed by atoms with Crippen LogP contribution in [0.1, 0.15) is 12.0 Å². The van der Waals surface area contributed by atoms with Crippen molar-refractivity contribution in [1.82, 2.24) is 0 Å². The summed E-state index contributed by atoms with van der Waals surface area (Å²) in [5.74, 6) is -7.81. The minimum atomic E-state index is -6.67. The lowest BCUT2D eigenvalue weighted by atomic mass is 9.93. The molecular formula is C15H8Br2F8OS. The van der Waals surface area contributed by atoms with Gasteiger partial charge in [-0.05, 0) is 27.2 Å². The van der Waals surface area contributed by atoms with Crippen molar-refractivity contribution < 1.29 is 39.3 Å². The summed E-state index contributed by atoms with van der Waals surface area (Å²) >= 11 is 5.86. The van der Waals surface area contributed by atoms with Crippen LogP contribution in [-0.2, 0) is 15.5 Å². The van der Waals surface area contributed by atoms with E-state index in [1.807, 2.05) is 0 Å². The Morgan fingerprint density at radius 3 is 1.85 bits per heavy atom. The lowest BCUT2D eigenvalue weighted by molar-refractivity contribution is -0.331. The van der Waals surface area contributed by atoms with Gasteiger partial charge in [0, 0.05) is 12.0 Å². The van der Waals surface area contributed by atoms with E-state index in [-0.39, 0.29) is 15.4 Å². The summed E-state index contributed by atoms with van der Waals surface area (Å²) in [5, 5.41) is -6.06. The standard InChI is InChI=1S/C15H8Br2F8OS/c16-8-5-9(17)7-12(6-8,10-3-1-2-4-11(10)18)27(26)15(24,25)13(19,20)14(21,22)23/h1-4,6-7H,5H2. The molecule has 1 atom stereocenters. The number of hydrogen-bond donors (Lipinski definition) is 0. The molecule has 0 heterocycles. The average Bonchev–Trinajstić information content (AvgIpc) is 2.52. The largest absolute Gasteiger partial charge is 0.461 e. The van der Waals surface area contributed by atoms with E-state index in [2.05, 4.69) is 31.9 Å². The molecule has 0 radical (unpaired) electrons. The summed E-state index contributed by atoms with van der Waals surface area (Å²) in [4.78, 5) is 0. The molecule has 1 aromatic rings. The lowest BCUT2D eigenvalue weighted by Crippen LogP contribution is -2.57. The number of rotatable bonds is 4. The highest BCUT2D eigenvalue weighted by atomic mass is 79.9. The normalized spacial score (nSPS) is 19.3. The van der Waals surface area contributed by atoms with Gasteiger partial charge in [0.25, 0.3) is 0 Å². The zero-order chi connectivity index (χ0) is 20.8. The van der Waals surface area contributed by atoms with Crippen molar-refractivity contribution in [2.75, 3.05) is 0 Å². The molecule has 0 spiro atoms. The first kappa shape index (κ1) is 22.5.